The average Bonchev–Trinajstić information content (AvgIpc) is 2.73. The zero-order valence-corrected chi connectivity index (χ0v) is 9.90. The Morgan fingerprint density at radius 2 is 2.35 bits per heavy atom. The molecule has 2 rings (SSSR count). The van der Waals surface area contributed by atoms with E-state index in [9.17, 15) is 4.79 Å². The van der Waals surface area contributed by atoms with Gasteiger partial charge in [-0.3, -0.25) is 4.90 Å². The summed E-state index contributed by atoms with van der Waals surface area (Å²) in [5.41, 5.74) is 8.18. The van der Waals surface area contributed by atoms with Gasteiger partial charge < -0.3 is 10.5 Å². The lowest BCUT2D eigenvalue weighted by atomic mass is 10.1. The number of nitrogens with two attached hydrogens (primary N) is 1. The largest absolute Gasteiger partial charge is 0.493 e. The number of hydrogen-bond acceptors (Lipinski definition) is 2. The van der Waals surface area contributed by atoms with Crippen LogP contribution in [0.2, 0.25) is 0 Å². The van der Waals surface area contributed by atoms with E-state index in [0.717, 1.165) is 29.0 Å². The fraction of sp³-hybridized carbons (Fsp3) is 0.308. The van der Waals surface area contributed by atoms with E-state index >= 15 is 0 Å². The van der Waals surface area contributed by atoms with Crippen LogP contribution in [0.25, 0.3) is 0 Å². The van der Waals surface area contributed by atoms with E-state index in [2.05, 4.69) is 6.58 Å². The molecule has 1 heterocycles. The average molecular weight is 232 g/mol. The summed E-state index contributed by atoms with van der Waals surface area (Å²) in [7, 11) is 0. The molecule has 90 valence electrons. The SMILES string of the molecule is C=C(C)CN(C(N)=O)c1cccc2c1CCO2. The first-order valence-electron chi connectivity index (χ1n) is 5.55. The zero-order chi connectivity index (χ0) is 12.4. The van der Waals surface area contributed by atoms with Crippen molar-refractivity contribution in [3.8, 4) is 5.75 Å². The van der Waals surface area contributed by atoms with Crippen LogP contribution in [0.3, 0.4) is 0 Å². The van der Waals surface area contributed by atoms with Crippen LogP contribution in [0, 0.1) is 0 Å². The Kier molecular flexibility index (Phi) is 3.04. The Bertz CT molecular complexity index is 468. The summed E-state index contributed by atoms with van der Waals surface area (Å²) in [5.74, 6) is 0.843. The van der Waals surface area contributed by atoms with Gasteiger partial charge in [0.25, 0.3) is 0 Å². The van der Waals surface area contributed by atoms with Crippen LogP contribution in [0.1, 0.15) is 12.5 Å². The van der Waals surface area contributed by atoms with Gasteiger partial charge in [0.15, 0.2) is 0 Å². The molecule has 1 aliphatic rings. The molecule has 0 atom stereocenters. The summed E-state index contributed by atoms with van der Waals surface area (Å²) >= 11 is 0. The number of nitrogens with zero attached hydrogens (tertiary/aromatic N) is 1. The van der Waals surface area contributed by atoms with Gasteiger partial charge in [-0.15, -0.1) is 0 Å². The van der Waals surface area contributed by atoms with Gasteiger partial charge in [-0.2, -0.15) is 0 Å². The molecule has 0 saturated carbocycles. The molecule has 1 aromatic rings. The molecule has 4 heteroatoms. The Morgan fingerprint density at radius 1 is 1.59 bits per heavy atom. The van der Waals surface area contributed by atoms with Crippen molar-refractivity contribution < 1.29 is 9.53 Å². The van der Waals surface area contributed by atoms with Crippen molar-refractivity contribution >= 4 is 11.7 Å². The molecule has 4 nitrogen and oxygen atoms in total. The highest BCUT2D eigenvalue weighted by Crippen LogP contribution is 2.33. The molecule has 1 aliphatic heterocycles. The van der Waals surface area contributed by atoms with E-state index < -0.39 is 6.03 Å². The van der Waals surface area contributed by atoms with Crippen molar-refractivity contribution in [1.29, 1.82) is 0 Å². The third kappa shape index (κ3) is 2.25. The summed E-state index contributed by atoms with van der Waals surface area (Å²) in [5, 5.41) is 0. The van der Waals surface area contributed by atoms with Crippen LogP contribution in [-0.2, 0) is 6.42 Å². The first-order chi connectivity index (χ1) is 8.09. The smallest absolute Gasteiger partial charge is 0.319 e. The number of amides is 2. The number of anilines is 1. The van der Waals surface area contributed by atoms with Gasteiger partial charge in [-0.25, -0.2) is 4.79 Å². The van der Waals surface area contributed by atoms with Gasteiger partial charge in [-0.1, -0.05) is 18.2 Å². The molecule has 1 aromatic carbocycles. The van der Waals surface area contributed by atoms with Gasteiger partial charge in [0.05, 0.1) is 12.3 Å². The van der Waals surface area contributed by atoms with Crippen molar-refractivity contribution in [2.75, 3.05) is 18.1 Å². The number of carbonyl (C=O) groups is 1. The maximum absolute atomic E-state index is 11.5. The summed E-state index contributed by atoms with van der Waals surface area (Å²) in [6.45, 7) is 6.78. The summed E-state index contributed by atoms with van der Waals surface area (Å²) in [4.78, 5) is 13.0. The van der Waals surface area contributed by atoms with Gasteiger partial charge in [0.1, 0.15) is 5.75 Å². The topological polar surface area (TPSA) is 55.6 Å². The van der Waals surface area contributed by atoms with Crippen LogP contribution in [0.4, 0.5) is 10.5 Å². The third-order valence-corrected chi connectivity index (χ3v) is 2.70. The monoisotopic (exact) mass is 232 g/mol. The zero-order valence-electron chi connectivity index (χ0n) is 9.90. The highest BCUT2D eigenvalue weighted by Gasteiger charge is 2.22. The number of carbonyl (C=O) groups excluding carboxylic acids is 1. The lowest BCUT2D eigenvalue weighted by Gasteiger charge is -2.22. The molecule has 0 aromatic heterocycles. The van der Waals surface area contributed by atoms with Crippen molar-refractivity contribution in [1.82, 2.24) is 0 Å². The van der Waals surface area contributed by atoms with Gasteiger partial charge in [0.2, 0.25) is 0 Å². The Labute approximate surface area is 101 Å². The lowest BCUT2D eigenvalue weighted by Crippen LogP contribution is -2.37. The molecular formula is C13H16N2O2. The number of urea groups is 1. The molecule has 0 saturated heterocycles. The normalized spacial score (nSPS) is 12.8. The maximum atomic E-state index is 11.5. The highest BCUT2D eigenvalue weighted by molar-refractivity contribution is 5.92. The first-order valence-corrected chi connectivity index (χ1v) is 5.55. The van der Waals surface area contributed by atoms with Crippen molar-refractivity contribution in [2.45, 2.75) is 13.3 Å². The number of hydrogen-bond donors (Lipinski definition) is 1. The number of benzene rings is 1. The van der Waals surface area contributed by atoms with Crippen LogP contribution >= 0.6 is 0 Å². The van der Waals surface area contributed by atoms with E-state index in [1.807, 2.05) is 25.1 Å². The minimum Gasteiger partial charge on any atom is -0.493 e. The molecular weight excluding hydrogens is 216 g/mol. The van der Waals surface area contributed by atoms with Crippen molar-refractivity contribution in [3.63, 3.8) is 0 Å². The third-order valence-electron chi connectivity index (χ3n) is 2.70. The van der Waals surface area contributed by atoms with Crippen LogP contribution in [0.5, 0.6) is 5.75 Å². The molecule has 0 fully saturated rings. The van der Waals surface area contributed by atoms with Crippen LogP contribution < -0.4 is 15.4 Å². The highest BCUT2D eigenvalue weighted by atomic mass is 16.5. The summed E-state index contributed by atoms with van der Waals surface area (Å²) in [6, 6.07) is 5.20. The van der Waals surface area contributed by atoms with Crippen LogP contribution in [0.15, 0.2) is 30.4 Å². The predicted molar refractivity (Wildman–Crippen MR) is 67.4 cm³/mol. The van der Waals surface area contributed by atoms with Gasteiger partial charge >= 0.3 is 6.03 Å². The molecule has 2 N–H and O–H groups in total. The second-order valence-corrected chi connectivity index (χ2v) is 4.23. The van der Waals surface area contributed by atoms with E-state index in [0.29, 0.717) is 13.2 Å². The minimum atomic E-state index is -0.465. The quantitative estimate of drug-likeness (QED) is 0.811. The van der Waals surface area contributed by atoms with Crippen molar-refractivity contribution in [3.05, 3.63) is 35.9 Å². The number of primary amides is 1. The second-order valence-electron chi connectivity index (χ2n) is 4.23. The van der Waals surface area contributed by atoms with E-state index in [1.165, 1.54) is 4.90 Å². The number of ether oxygens (including phenoxy) is 1. The van der Waals surface area contributed by atoms with Gasteiger partial charge in [-0.05, 0) is 19.1 Å². The summed E-state index contributed by atoms with van der Waals surface area (Å²) in [6.07, 6.45) is 0.811. The molecule has 0 bridgehead atoms. The molecule has 0 unspecified atom stereocenters. The van der Waals surface area contributed by atoms with Crippen LogP contribution in [-0.4, -0.2) is 19.2 Å². The second kappa shape index (κ2) is 4.49. The molecule has 0 aliphatic carbocycles. The minimum absolute atomic E-state index is 0.436. The number of fused-ring (bicyclic) bond motifs is 1. The maximum Gasteiger partial charge on any atom is 0.319 e. The van der Waals surface area contributed by atoms with Gasteiger partial charge in [0, 0.05) is 18.5 Å². The Hall–Kier alpha value is -1.97. The molecule has 0 spiro atoms. The Morgan fingerprint density at radius 3 is 3.00 bits per heavy atom. The van der Waals surface area contributed by atoms with E-state index in [4.69, 9.17) is 10.5 Å². The van der Waals surface area contributed by atoms with E-state index in [-0.39, 0.29) is 0 Å². The molecule has 2 amide bonds. The van der Waals surface area contributed by atoms with Crippen molar-refractivity contribution in [2.24, 2.45) is 5.73 Å². The number of rotatable bonds is 3. The first kappa shape index (κ1) is 11.5. The summed E-state index contributed by atoms with van der Waals surface area (Å²) < 4.78 is 5.47. The Balaban J connectivity index is 2.40. The molecule has 17 heavy (non-hydrogen) atoms. The fourth-order valence-electron chi connectivity index (χ4n) is 2.01. The predicted octanol–water partition coefficient (Wildman–Crippen LogP) is 2.08. The van der Waals surface area contributed by atoms with E-state index in [1.54, 1.807) is 0 Å². The molecule has 0 radical (unpaired) electrons. The lowest BCUT2D eigenvalue weighted by molar-refractivity contribution is 0.254. The standard InChI is InChI=1S/C13H16N2O2/c1-9(2)8-15(13(14)16)11-4-3-5-12-10(11)6-7-17-12/h3-5H,1,6-8H2,2H3,(H2,14,16). The fourth-order valence-corrected chi connectivity index (χ4v) is 2.01.